The minimum Gasteiger partial charge on any atom is -0.480 e. The summed E-state index contributed by atoms with van der Waals surface area (Å²) < 4.78 is 5.54. The molecule has 1 unspecified atom stereocenters. The van der Waals surface area contributed by atoms with E-state index in [2.05, 4.69) is 39.9 Å². The highest BCUT2D eigenvalue weighted by molar-refractivity contribution is 5.83. The van der Waals surface area contributed by atoms with E-state index < -0.39 is 23.8 Å². The Morgan fingerprint density at radius 1 is 1.17 bits per heavy atom. The number of carbonyl (C=O) groups is 3. The second-order valence-corrected chi connectivity index (χ2v) is 6.74. The normalized spacial score (nSPS) is 12.1. The Morgan fingerprint density at radius 2 is 1.70 bits per heavy atom. The number of hydrogen-bond donors (Lipinski definition) is 3. The van der Waals surface area contributed by atoms with E-state index in [4.69, 9.17) is 15.6 Å². The van der Waals surface area contributed by atoms with Crippen LogP contribution >= 0.6 is 0 Å². The summed E-state index contributed by atoms with van der Waals surface area (Å²) in [5.74, 6) is -1.45. The van der Waals surface area contributed by atoms with Gasteiger partial charge in [-0.1, -0.05) is 13.8 Å². The molecule has 0 radical (unpaired) electrons. The molecule has 136 valence electrons. The van der Waals surface area contributed by atoms with Crippen LogP contribution in [0.15, 0.2) is 0 Å². The van der Waals surface area contributed by atoms with Crippen molar-refractivity contribution in [1.29, 1.82) is 0 Å². The molecular formula is C16H32N2O5. The van der Waals surface area contributed by atoms with Crippen molar-refractivity contribution in [2.75, 3.05) is 6.61 Å². The molecule has 0 aromatic heterocycles. The summed E-state index contributed by atoms with van der Waals surface area (Å²) in [4.78, 5) is 31.3. The molecule has 0 fully saturated rings. The van der Waals surface area contributed by atoms with Gasteiger partial charge in [-0.3, -0.25) is 9.59 Å². The molecule has 0 aliphatic heterocycles. The number of rotatable bonds is 8. The van der Waals surface area contributed by atoms with Gasteiger partial charge in [0, 0.05) is 20.0 Å². The van der Waals surface area contributed by atoms with Gasteiger partial charge in [-0.05, 0) is 39.5 Å². The van der Waals surface area contributed by atoms with Crippen LogP contribution in [0.25, 0.3) is 0 Å². The number of carboxylic acid groups (broad SMARTS) is 1. The van der Waals surface area contributed by atoms with Gasteiger partial charge in [-0.25, -0.2) is 4.79 Å². The van der Waals surface area contributed by atoms with Crippen molar-refractivity contribution in [1.82, 2.24) is 5.32 Å². The summed E-state index contributed by atoms with van der Waals surface area (Å²) in [7, 11) is 0. The Hall–Kier alpha value is -1.63. The molecule has 0 aromatic rings. The van der Waals surface area contributed by atoms with E-state index in [1.807, 2.05) is 0 Å². The van der Waals surface area contributed by atoms with Crippen molar-refractivity contribution in [3.63, 3.8) is 0 Å². The fourth-order valence-electron chi connectivity index (χ4n) is 1.39. The lowest BCUT2D eigenvalue weighted by Crippen LogP contribution is -2.40. The predicted molar refractivity (Wildman–Crippen MR) is 88.8 cm³/mol. The number of ether oxygens (including phenoxy) is 1. The summed E-state index contributed by atoms with van der Waals surface area (Å²) >= 11 is 0. The summed E-state index contributed by atoms with van der Waals surface area (Å²) in [6, 6.07) is -1.04. The summed E-state index contributed by atoms with van der Waals surface area (Å²) in [6.45, 7) is 12.8. The van der Waals surface area contributed by atoms with Crippen LogP contribution in [-0.2, 0) is 19.1 Å². The van der Waals surface area contributed by atoms with Gasteiger partial charge in [-0.2, -0.15) is 0 Å². The van der Waals surface area contributed by atoms with Crippen molar-refractivity contribution in [3.05, 3.63) is 0 Å². The second kappa shape index (κ2) is 11.9. The molecule has 7 heteroatoms. The van der Waals surface area contributed by atoms with Crippen LogP contribution in [0.3, 0.4) is 0 Å². The Kier molecular flexibility index (Phi) is 12.2. The van der Waals surface area contributed by atoms with Crippen molar-refractivity contribution < 1.29 is 24.2 Å². The Bertz CT molecular complexity index is 375. The second-order valence-electron chi connectivity index (χ2n) is 6.74. The van der Waals surface area contributed by atoms with Crippen LogP contribution in [0.1, 0.15) is 60.8 Å². The number of primary amides is 1. The molecule has 0 heterocycles. The lowest BCUT2D eigenvalue weighted by Gasteiger charge is -2.19. The molecule has 2 amide bonds. The average molecular weight is 332 g/mol. The minimum atomic E-state index is -1.17. The first-order chi connectivity index (χ1) is 10.3. The highest BCUT2D eigenvalue weighted by Crippen LogP contribution is 2.09. The lowest BCUT2D eigenvalue weighted by molar-refractivity contribution is -0.141. The summed E-state index contributed by atoms with van der Waals surface area (Å²) in [5.41, 5.74) is 4.86. The third-order valence-corrected chi connectivity index (χ3v) is 2.59. The fraction of sp³-hybridized carbons (Fsp3) is 0.812. The van der Waals surface area contributed by atoms with Crippen LogP contribution < -0.4 is 11.1 Å². The molecule has 7 nitrogen and oxygen atoms in total. The van der Waals surface area contributed by atoms with Gasteiger partial charge in [0.1, 0.15) is 6.04 Å². The number of nitrogens with one attached hydrogen (secondary N) is 1. The van der Waals surface area contributed by atoms with E-state index in [0.717, 1.165) is 18.9 Å². The Morgan fingerprint density at radius 3 is 2.00 bits per heavy atom. The number of hydrogen-bond acceptors (Lipinski definition) is 4. The molecule has 0 bridgehead atoms. The quantitative estimate of drug-likeness (QED) is 0.625. The zero-order chi connectivity index (χ0) is 18.6. The highest BCUT2D eigenvalue weighted by Gasteiger charge is 2.18. The van der Waals surface area contributed by atoms with E-state index in [0.29, 0.717) is 0 Å². The topological polar surface area (TPSA) is 119 Å². The smallest absolute Gasteiger partial charge is 0.326 e. The predicted octanol–water partition coefficient (Wildman–Crippen LogP) is 1.69. The highest BCUT2D eigenvalue weighted by atomic mass is 16.5. The first-order valence-electron chi connectivity index (χ1n) is 7.77. The first-order valence-corrected chi connectivity index (χ1v) is 7.77. The largest absolute Gasteiger partial charge is 0.480 e. The van der Waals surface area contributed by atoms with Gasteiger partial charge in [0.15, 0.2) is 0 Å². The molecular weight excluding hydrogens is 300 g/mol. The summed E-state index contributed by atoms with van der Waals surface area (Å²) in [6.07, 6.45) is 1.12. The fourth-order valence-corrected chi connectivity index (χ4v) is 1.39. The van der Waals surface area contributed by atoms with Gasteiger partial charge in [0.25, 0.3) is 0 Å². The maximum atomic E-state index is 10.5. The van der Waals surface area contributed by atoms with Crippen LogP contribution in [0.2, 0.25) is 0 Å². The zero-order valence-corrected chi connectivity index (χ0v) is 15.1. The molecule has 0 rings (SSSR count). The van der Waals surface area contributed by atoms with Crippen molar-refractivity contribution >= 4 is 17.8 Å². The molecule has 0 aliphatic rings. The standard InChI is InChI=1S/C9H20O.C7H12N2O4/c1-8(2)6-7-10-9(3,4)5;1-4(10)9-5(7(12)13)2-3-6(8)11/h8H,6-7H2,1-5H3;5H,2-3H2,1H3,(H2,8,11)(H,9,10)(H,12,13). The van der Waals surface area contributed by atoms with Crippen LogP contribution in [0, 0.1) is 5.92 Å². The molecule has 0 aliphatic carbocycles. The van der Waals surface area contributed by atoms with E-state index in [1.165, 1.54) is 6.92 Å². The number of amides is 2. The van der Waals surface area contributed by atoms with Gasteiger partial charge in [0.05, 0.1) is 5.60 Å². The number of nitrogens with two attached hydrogens (primary N) is 1. The Labute approximate surface area is 139 Å². The average Bonchev–Trinajstić information content (AvgIpc) is 2.32. The number of carboxylic acids is 1. The molecule has 0 spiro atoms. The minimum absolute atomic E-state index is 0.0181. The monoisotopic (exact) mass is 332 g/mol. The number of carbonyl (C=O) groups excluding carboxylic acids is 2. The maximum Gasteiger partial charge on any atom is 0.326 e. The van der Waals surface area contributed by atoms with E-state index in [9.17, 15) is 14.4 Å². The van der Waals surface area contributed by atoms with Gasteiger partial charge in [0.2, 0.25) is 11.8 Å². The van der Waals surface area contributed by atoms with Gasteiger partial charge < -0.3 is 20.9 Å². The summed E-state index contributed by atoms with van der Waals surface area (Å²) in [5, 5.41) is 10.8. The van der Waals surface area contributed by atoms with Crippen LogP contribution in [0.4, 0.5) is 0 Å². The van der Waals surface area contributed by atoms with Crippen LogP contribution in [-0.4, -0.2) is 41.1 Å². The lowest BCUT2D eigenvalue weighted by atomic mass is 10.1. The van der Waals surface area contributed by atoms with Gasteiger partial charge in [-0.15, -0.1) is 0 Å². The van der Waals surface area contributed by atoms with Gasteiger partial charge >= 0.3 is 5.97 Å². The molecule has 4 N–H and O–H groups in total. The Balaban J connectivity index is 0. The molecule has 0 saturated heterocycles. The van der Waals surface area contributed by atoms with E-state index in [-0.39, 0.29) is 18.4 Å². The third-order valence-electron chi connectivity index (χ3n) is 2.59. The first kappa shape index (κ1) is 23.6. The van der Waals surface area contributed by atoms with Crippen LogP contribution in [0.5, 0.6) is 0 Å². The SMILES string of the molecule is CC(=O)NC(CCC(N)=O)C(=O)O.CC(C)CCOC(C)(C)C. The van der Waals surface area contributed by atoms with E-state index >= 15 is 0 Å². The van der Waals surface area contributed by atoms with Crippen molar-refractivity contribution in [2.45, 2.75) is 72.4 Å². The van der Waals surface area contributed by atoms with Crippen molar-refractivity contribution in [3.8, 4) is 0 Å². The van der Waals surface area contributed by atoms with E-state index in [1.54, 1.807) is 0 Å². The molecule has 0 saturated carbocycles. The molecule has 1 atom stereocenters. The maximum absolute atomic E-state index is 10.5. The third kappa shape index (κ3) is 20.4. The zero-order valence-electron chi connectivity index (χ0n) is 15.1. The number of aliphatic carboxylic acids is 1. The molecule has 23 heavy (non-hydrogen) atoms. The van der Waals surface area contributed by atoms with Crippen molar-refractivity contribution in [2.24, 2.45) is 11.7 Å². The molecule has 0 aromatic carbocycles.